The second-order valence-electron chi connectivity index (χ2n) is 2.47. The Labute approximate surface area is 74.7 Å². The molecule has 0 unspecified atom stereocenters. The molecule has 0 fully saturated rings. The number of nitrogens with zero attached hydrogens (tertiary/aromatic N) is 4. The Balaban J connectivity index is 2.42. The van der Waals surface area contributed by atoms with Crippen molar-refractivity contribution in [3.8, 4) is 11.3 Å². The third-order valence-electron chi connectivity index (χ3n) is 1.54. The van der Waals surface area contributed by atoms with Crippen LogP contribution in [0.4, 0.5) is 5.82 Å². The normalized spacial score (nSPS) is 9.85. The summed E-state index contributed by atoms with van der Waals surface area (Å²) in [6.07, 6.45) is 4.81. The van der Waals surface area contributed by atoms with Gasteiger partial charge in [-0.25, -0.2) is 9.97 Å². The number of anilines is 1. The van der Waals surface area contributed by atoms with E-state index in [-0.39, 0.29) is 0 Å². The first-order chi connectivity index (χ1) is 6.36. The third-order valence-corrected chi connectivity index (χ3v) is 1.54. The molecule has 5 heteroatoms. The monoisotopic (exact) mass is 173 g/mol. The first-order valence-corrected chi connectivity index (χ1v) is 3.71. The number of hydrogen-bond donors (Lipinski definition) is 1. The molecule has 0 saturated heterocycles. The number of rotatable bonds is 1. The SMILES string of the molecule is Nc1ccc(-c2cncnc2)nn1. The molecule has 0 spiro atoms. The van der Waals surface area contributed by atoms with Crippen molar-refractivity contribution in [3.05, 3.63) is 30.9 Å². The Hall–Kier alpha value is -2.04. The lowest BCUT2D eigenvalue weighted by molar-refractivity contribution is 1.04. The summed E-state index contributed by atoms with van der Waals surface area (Å²) in [7, 11) is 0. The van der Waals surface area contributed by atoms with Gasteiger partial charge in [-0.1, -0.05) is 0 Å². The second-order valence-corrected chi connectivity index (χ2v) is 2.47. The molecule has 2 aromatic heterocycles. The lowest BCUT2D eigenvalue weighted by Crippen LogP contribution is -1.94. The van der Waals surface area contributed by atoms with Gasteiger partial charge in [0.15, 0.2) is 0 Å². The molecule has 0 aliphatic rings. The van der Waals surface area contributed by atoms with E-state index in [9.17, 15) is 0 Å². The van der Waals surface area contributed by atoms with Crippen molar-refractivity contribution in [2.75, 3.05) is 5.73 Å². The van der Waals surface area contributed by atoms with Crippen LogP contribution in [0.15, 0.2) is 30.9 Å². The lowest BCUT2D eigenvalue weighted by atomic mass is 10.2. The van der Waals surface area contributed by atoms with E-state index in [1.54, 1.807) is 24.5 Å². The molecule has 0 bridgehead atoms. The Morgan fingerprint density at radius 2 is 1.77 bits per heavy atom. The molecular weight excluding hydrogens is 166 g/mol. The molecule has 5 nitrogen and oxygen atoms in total. The van der Waals surface area contributed by atoms with Gasteiger partial charge in [0.2, 0.25) is 0 Å². The van der Waals surface area contributed by atoms with Crippen molar-refractivity contribution in [2.24, 2.45) is 0 Å². The van der Waals surface area contributed by atoms with Crippen LogP contribution in [-0.4, -0.2) is 20.2 Å². The van der Waals surface area contributed by atoms with E-state index in [0.717, 1.165) is 11.3 Å². The number of nitrogens with two attached hydrogens (primary N) is 1. The Morgan fingerprint density at radius 3 is 2.38 bits per heavy atom. The molecule has 2 heterocycles. The van der Waals surface area contributed by atoms with Gasteiger partial charge in [0.1, 0.15) is 12.1 Å². The Morgan fingerprint density at radius 1 is 1.00 bits per heavy atom. The first-order valence-electron chi connectivity index (χ1n) is 3.71. The largest absolute Gasteiger partial charge is 0.382 e. The number of nitrogen functional groups attached to an aromatic ring is 1. The zero-order valence-electron chi connectivity index (χ0n) is 6.75. The van der Waals surface area contributed by atoms with Gasteiger partial charge in [0.05, 0.1) is 5.69 Å². The Bertz CT molecular complexity index is 383. The maximum atomic E-state index is 5.40. The summed E-state index contributed by atoms with van der Waals surface area (Å²) in [5.41, 5.74) is 6.95. The van der Waals surface area contributed by atoms with Crippen LogP contribution in [0, 0.1) is 0 Å². The van der Waals surface area contributed by atoms with Gasteiger partial charge in [-0.05, 0) is 12.1 Å². The zero-order chi connectivity index (χ0) is 9.10. The summed E-state index contributed by atoms with van der Waals surface area (Å²) in [6.45, 7) is 0. The van der Waals surface area contributed by atoms with Gasteiger partial charge in [0, 0.05) is 18.0 Å². The van der Waals surface area contributed by atoms with E-state index in [0.29, 0.717) is 5.82 Å². The van der Waals surface area contributed by atoms with Crippen LogP contribution in [0.1, 0.15) is 0 Å². The minimum absolute atomic E-state index is 0.403. The molecule has 0 amide bonds. The predicted octanol–water partition coefficient (Wildman–Crippen LogP) is 0.516. The molecule has 0 radical (unpaired) electrons. The summed E-state index contributed by atoms with van der Waals surface area (Å²) >= 11 is 0. The fourth-order valence-electron chi connectivity index (χ4n) is 0.928. The van der Waals surface area contributed by atoms with E-state index < -0.39 is 0 Å². The van der Waals surface area contributed by atoms with Crippen molar-refractivity contribution < 1.29 is 0 Å². The highest BCUT2D eigenvalue weighted by atomic mass is 15.1. The van der Waals surface area contributed by atoms with Gasteiger partial charge < -0.3 is 5.73 Å². The van der Waals surface area contributed by atoms with E-state index in [1.807, 2.05) is 0 Å². The molecule has 0 aliphatic heterocycles. The van der Waals surface area contributed by atoms with Gasteiger partial charge in [-0.2, -0.15) is 0 Å². The van der Waals surface area contributed by atoms with E-state index >= 15 is 0 Å². The highest BCUT2D eigenvalue weighted by Crippen LogP contribution is 2.12. The summed E-state index contributed by atoms with van der Waals surface area (Å²) < 4.78 is 0. The number of aromatic nitrogens is 4. The molecule has 13 heavy (non-hydrogen) atoms. The van der Waals surface area contributed by atoms with Gasteiger partial charge in [0.25, 0.3) is 0 Å². The summed E-state index contributed by atoms with van der Waals surface area (Å²) in [4.78, 5) is 7.75. The molecular formula is C8H7N5. The van der Waals surface area contributed by atoms with Crippen LogP contribution in [0.5, 0.6) is 0 Å². The molecule has 0 aromatic carbocycles. The van der Waals surface area contributed by atoms with Gasteiger partial charge in [-0.3, -0.25) is 0 Å². The quantitative estimate of drug-likeness (QED) is 0.680. The standard InChI is InChI=1S/C8H7N5/c9-8-2-1-7(12-13-8)6-3-10-5-11-4-6/h1-5H,(H2,9,13). The third kappa shape index (κ3) is 1.58. The smallest absolute Gasteiger partial charge is 0.146 e. The van der Waals surface area contributed by atoms with Crippen molar-refractivity contribution >= 4 is 5.82 Å². The van der Waals surface area contributed by atoms with E-state index in [1.165, 1.54) is 6.33 Å². The minimum Gasteiger partial charge on any atom is -0.382 e. The summed E-state index contributed by atoms with van der Waals surface area (Å²) in [5, 5.41) is 7.62. The fourth-order valence-corrected chi connectivity index (χ4v) is 0.928. The second kappa shape index (κ2) is 3.14. The fraction of sp³-hybridized carbons (Fsp3) is 0. The molecule has 2 N–H and O–H groups in total. The lowest BCUT2D eigenvalue weighted by Gasteiger charge is -1.97. The molecule has 0 saturated carbocycles. The van der Waals surface area contributed by atoms with Gasteiger partial charge >= 0.3 is 0 Å². The average molecular weight is 173 g/mol. The van der Waals surface area contributed by atoms with Gasteiger partial charge in [-0.15, -0.1) is 10.2 Å². The highest BCUT2D eigenvalue weighted by Gasteiger charge is 1.98. The summed E-state index contributed by atoms with van der Waals surface area (Å²) in [6, 6.07) is 3.47. The average Bonchev–Trinajstić information content (AvgIpc) is 2.20. The van der Waals surface area contributed by atoms with E-state index in [4.69, 9.17) is 5.73 Å². The molecule has 2 aromatic rings. The zero-order valence-corrected chi connectivity index (χ0v) is 6.75. The van der Waals surface area contributed by atoms with Crippen molar-refractivity contribution in [3.63, 3.8) is 0 Å². The van der Waals surface area contributed by atoms with Crippen molar-refractivity contribution in [1.29, 1.82) is 0 Å². The van der Waals surface area contributed by atoms with E-state index in [2.05, 4.69) is 20.2 Å². The molecule has 0 atom stereocenters. The van der Waals surface area contributed by atoms with Crippen LogP contribution < -0.4 is 5.73 Å². The van der Waals surface area contributed by atoms with Crippen LogP contribution in [-0.2, 0) is 0 Å². The van der Waals surface area contributed by atoms with Crippen LogP contribution in [0.2, 0.25) is 0 Å². The summed E-state index contributed by atoms with van der Waals surface area (Å²) in [5.74, 6) is 0.403. The molecule has 2 rings (SSSR count). The maximum Gasteiger partial charge on any atom is 0.146 e. The molecule has 0 aliphatic carbocycles. The molecule has 64 valence electrons. The minimum atomic E-state index is 0.403. The van der Waals surface area contributed by atoms with Crippen molar-refractivity contribution in [2.45, 2.75) is 0 Å². The predicted molar refractivity (Wildman–Crippen MR) is 47.5 cm³/mol. The Kier molecular flexibility index (Phi) is 1.84. The van der Waals surface area contributed by atoms with Crippen LogP contribution in [0.25, 0.3) is 11.3 Å². The topological polar surface area (TPSA) is 77.6 Å². The highest BCUT2D eigenvalue weighted by molar-refractivity contribution is 5.56. The number of hydrogen-bond acceptors (Lipinski definition) is 5. The maximum absolute atomic E-state index is 5.40. The van der Waals surface area contributed by atoms with Crippen LogP contribution >= 0.6 is 0 Å². The van der Waals surface area contributed by atoms with Crippen LogP contribution in [0.3, 0.4) is 0 Å². The van der Waals surface area contributed by atoms with Crippen molar-refractivity contribution in [1.82, 2.24) is 20.2 Å². The first kappa shape index (κ1) is 7.60.